The van der Waals surface area contributed by atoms with Crippen LogP contribution in [0.15, 0.2) is 53.4 Å². The first kappa shape index (κ1) is 34.3. The van der Waals surface area contributed by atoms with Crippen LogP contribution in [0.5, 0.6) is 0 Å². The van der Waals surface area contributed by atoms with Gasteiger partial charge in [0.2, 0.25) is 10.0 Å². The maximum atomic E-state index is 14.6. The molecule has 2 saturated heterocycles. The van der Waals surface area contributed by atoms with Crippen LogP contribution in [0.1, 0.15) is 56.6 Å². The van der Waals surface area contributed by atoms with Gasteiger partial charge in [0.05, 0.1) is 41.2 Å². The van der Waals surface area contributed by atoms with Gasteiger partial charge in [-0.2, -0.15) is 9.57 Å². The number of aliphatic hydroxyl groups is 1. The van der Waals surface area contributed by atoms with Gasteiger partial charge in [-0.25, -0.2) is 13.2 Å². The average molecular weight is 645 g/mol. The Morgan fingerprint density at radius 3 is 2.64 bits per heavy atom. The molecule has 13 nitrogen and oxygen atoms in total. The molecule has 2 fully saturated rings. The number of nitrogens with zero attached hydrogens (tertiary/aromatic N) is 3. The molecular weight excluding hydrogens is 604 g/mol. The molecule has 45 heavy (non-hydrogen) atoms. The lowest BCUT2D eigenvalue weighted by Crippen LogP contribution is -2.51. The molecule has 2 aliphatic rings. The summed E-state index contributed by atoms with van der Waals surface area (Å²) in [6.45, 7) is 3.77. The Balaban J connectivity index is 1.74. The van der Waals surface area contributed by atoms with Crippen LogP contribution >= 0.6 is 0 Å². The topological polar surface area (TPSA) is 192 Å². The van der Waals surface area contributed by atoms with Crippen LogP contribution in [0.4, 0.5) is 10.5 Å². The minimum Gasteiger partial charge on any atom is -0.465 e. The molecule has 4 rings (SSSR count). The number of sulfonamides is 1. The molecule has 0 bridgehead atoms. The van der Waals surface area contributed by atoms with Crippen LogP contribution in [0.3, 0.4) is 0 Å². The number of benzene rings is 2. The summed E-state index contributed by atoms with van der Waals surface area (Å²) in [5.74, 6) is -0.658. The van der Waals surface area contributed by atoms with Gasteiger partial charge in [0.15, 0.2) is 6.29 Å². The van der Waals surface area contributed by atoms with Crippen molar-refractivity contribution in [2.24, 2.45) is 11.3 Å². The number of carbonyl (C=O) groups is 1. The van der Waals surface area contributed by atoms with Crippen molar-refractivity contribution in [2.45, 2.75) is 75.2 Å². The lowest BCUT2D eigenvalue weighted by molar-refractivity contribution is -0.385. The zero-order valence-electron chi connectivity index (χ0n) is 25.4. The molecule has 0 aliphatic carbocycles. The van der Waals surface area contributed by atoms with Crippen molar-refractivity contribution in [3.8, 4) is 6.07 Å². The van der Waals surface area contributed by atoms with Crippen molar-refractivity contribution in [3.63, 3.8) is 0 Å². The van der Waals surface area contributed by atoms with E-state index in [2.05, 4.69) is 11.4 Å². The van der Waals surface area contributed by atoms with Crippen molar-refractivity contribution in [1.82, 2.24) is 9.62 Å². The van der Waals surface area contributed by atoms with Crippen LogP contribution in [0.25, 0.3) is 0 Å². The molecule has 0 saturated carbocycles. The minimum absolute atomic E-state index is 0.0598. The van der Waals surface area contributed by atoms with Crippen molar-refractivity contribution in [1.29, 1.82) is 5.26 Å². The fourth-order valence-electron chi connectivity index (χ4n) is 6.19. The van der Waals surface area contributed by atoms with Gasteiger partial charge in [-0.15, -0.1) is 0 Å². The highest BCUT2D eigenvalue weighted by Gasteiger charge is 2.45. The van der Waals surface area contributed by atoms with E-state index in [-0.39, 0.29) is 41.6 Å². The molecule has 0 unspecified atom stereocenters. The summed E-state index contributed by atoms with van der Waals surface area (Å²) in [5.41, 5.74) is 0.0891. The van der Waals surface area contributed by atoms with E-state index >= 15 is 0 Å². The number of nitrogens with one attached hydrogen (secondary N) is 1. The van der Waals surface area contributed by atoms with Crippen molar-refractivity contribution in [3.05, 3.63) is 69.8 Å². The zero-order chi connectivity index (χ0) is 32.8. The summed E-state index contributed by atoms with van der Waals surface area (Å²) < 4.78 is 41.8. The molecule has 3 N–H and O–H groups in total. The van der Waals surface area contributed by atoms with Crippen LogP contribution in [-0.2, 0) is 25.9 Å². The third kappa shape index (κ3) is 8.56. The average Bonchev–Trinajstić information content (AvgIpc) is 3.61. The van der Waals surface area contributed by atoms with Gasteiger partial charge in [-0.3, -0.25) is 10.1 Å². The van der Waals surface area contributed by atoms with Crippen molar-refractivity contribution < 1.29 is 37.8 Å². The Morgan fingerprint density at radius 1 is 1.24 bits per heavy atom. The number of carboxylic acid groups (broad SMARTS) is 1. The number of non-ortho nitro benzene ring substituents is 1. The summed E-state index contributed by atoms with van der Waals surface area (Å²) in [5, 5.41) is 44.1. The summed E-state index contributed by atoms with van der Waals surface area (Å²) >= 11 is 0. The number of ether oxygens (including phenoxy) is 2. The van der Waals surface area contributed by atoms with E-state index in [1.165, 1.54) is 12.1 Å². The standard InChI is InChI=1S/C31H40N4O9S/c1-31(2,13-6-7-14-32)20-34(18-27(36)26(33-30(37)38)16-21-8-4-3-5-9-21)45(41,42)28-11-10-22(35(39)40)17-24(28)25-19-44-29-23(25)12-15-43-29/h3-5,8-11,17,23,25-27,29,33,36H,6-7,12-13,15-16,18-20H2,1-2H3,(H,37,38)/t23-,25+,26-,27+,29+/m0/s1. The molecule has 2 aromatic rings. The number of nitro benzene ring substituents is 1. The first-order chi connectivity index (χ1) is 21.3. The molecule has 0 aromatic heterocycles. The number of fused-ring (bicyclic) bond motifs is 1. The maximum absolute atomic E-state index is 14.6. The second-order valence-electron chi connectivity index (χ2n) is 12.4. The Labute approximate surface area is 263 Å². The van der Waals surface area contributed by atoms with E-state index < -0.39 is 57.4 Å². The number of aliphatic hydroxyl groups excluding tert-OH is 1. The van der Waals surface area contributed by atoms with Gasteiger partial charge in [0.25, 0.3) is 5.69 Å². The lowest BCUT2D eigenvalue weighted by atomic mass is 9.87. The largest absolute Gasteiger partial charge is 0.465 e. The first-order valence-electron chi connectivity index (χ1n) is 14.9. The fourth-order valence-corrected chi connectivity index (χ4v) is 8.09. The Bertz CT molecular complexity index is 1500. The summed E-state index contributed by atoms with van der Waals surface area (Å²) in [6, 6.07) is 13.6. The van der Waals surface area contributed by atoms with Gasteiger partial charge < -0.3 is 25.0 Å². The number of hydrogen-bond donors (Lipinski definition) is 3. The minimum atomic E-state index is -4.42. The van der Waals surface area contributed by atoms with Gasteiger partial charge in [-0.05, 0) is 48.3 Å². The van der Waals surface area contributed by atoms with Gasteiger partial charge in [0, 0.05) is 43.5 Å². The molecule has 2 aliphatic heterocycles. The van der Waals surface area contributed by atoms with Crippen LogP contribution < -0.4 is 5.32 Å². The van der Waals surface area contributed by atoms with E-state index in [0.717, 1.165) is 15.9 Å². The van der Waals surface area contributed by atoms with Gasteiger partial charge in [0.1, 0.15) is 0 Å². The van der Waals surface area contributed by atoms with Crippen LogP contribution in [0.2, 0.25) is 0 Å². The molecule has 2 heterocycles. The number of nitriles is 1. The predicted octanol–water partition coefficient (Wildman–Crippen LogP) is 4.02. The van der Waals surface area contributed by atoms with E-state index in [4.69, 9.17) is 14.7 Å². The molecule has 244 valence electrons. The SMILES string of the molecule is CC(C)(CCCC#N)CN(C[C@@H](O)[C@H](Cc1ccccc1)NC(=O)O)S(=O)(=O)c1ccc([N+](=O)[O-])cc1[C@@H]1CO[C@H]2OCC[C@H]21. The quantitative estimate of drug-likeness (QED) is 0.145. The number of amides is 1. The van der Waals surface area contributed by atoms with E-state index in [1.807, 2.05) is 13.8 Å². The van der Waals surface area contributed by atoms with Crippen LogP contribution in [0, 0.1) is 32.8 Å². The molecule has 2 aromatic carbocycles. The van der Waals surface area contributed by atoms with Gasteiger partial charge >= 0.3 is 6.09 Å². The lowest BCUT2D eigenvalue weighted by Gasteiger charge is -2.35. The van der Waals surface area contributed by atoms with E-state index in [1.54, 1.807) is 30.3 Å². The Kier molecular flexibility index (Phi) is 11.2. The Morgan fingerprint density at radius 2 is 1.98 bits per heavy atom. The maximum Gasteiger partial charge on any atom is 0.404 e. The number of unbranched alkanes of at least 4 members (excludes halogenated alkanes) is 1. The third-order valence-electron chi connectivity index (χ3n) is 8.47. The molecule has 0 radical (unpaired) electrons. The monoisotopic (exact) mass is 644 g/mol. The van der Waals surface area contributed by atoms with E-state index in [9.17, 15) is 33.5 Å². The van der Waals surface area contributed by atoms with Crippen LogP contribution in [-0.4, -0.2) is 78.7 Å². The summed E-state index contributed by atoms with van der Waals surface area (Å²) in [7, 11) is -4.42. The molecule has 14 heteroatoms. The number of nitro groups is 1. The molecule has 1 amide bonds. The highest BCUT2D eigenvalue weighted by Crippen LogP contribution is 2.45. The van der Waals surface area contributed by atoms with Gasteiger partial charge in [-0.1, -0.05) is 44.2 Å². The van der Waals surface area contributed by atoms with E-state index in [0.29, 0.717) is 32.3 Å². The zero-order valence-corrected chi connectivity index (χ0v) is 26.2. The van der Waals surface area contributed by atoms with Crippen molar-refractivity contribution in [2.75, 3.05) is 26.3 Å². The highest BCUT2D eigenvalue weighted by atomic mass is 32.2. The second kappa shape index (κ2) is 14.7. The smallest absolute Gasteiger partial charge is 0.404 e. The Hall–Kier alpha value is -3.61. The molecular formula is C31H40N4O9S. The predicted molar refractivity (Wildman–Crippen MR) is 163 cm³/mol. The van der Waals surface area contributed by atoms with Crippen molar-refractivity contribution >= 4 is 21.8 Å². The normalized spacial score (nSPS) is 21.2. The summed E-state index contributed by atoms with van der Waals surface area (Å²) in [6.07, 6.45) is -1.30. The first-order valence-corrected chi connectivity index (χ1v) is 16.4. The molecule has 0 spiro atoms. The summed E-state index contributed by atoms with van der Waals surface area (Å²) in [4.78, 5) is 22.7. The highest BCUT2D eigenvalue weighted by molar-refractivity contribution is 7.89. The second-order valence-corrected chi connectivity index (χ2v) is 14.3. The number of hydrogen-bond acceptors (Lipinski definition) is 9. The number of rotatable bonds is 15. The fraction of sp³-hybridized carbons (Fsp3) is 0.548. The third-order valence-corrected chi connectivity index (χ3v) is 10.4. The molecule has 5 atom stereocenters.